The third-order valence-electron chi connectivity index (χ3n) is 2.18. The molecule has 0 saturated heterocycles. The van der Waals surface area contributed by atoms with Gasteiger partial charge in [-0.3, -0.25) is 0 Å². The lowest BCUT2D eigenvalue weighted by Gasteiger charge is -2.06. The predicted octanol–water partition coefficient (Wildman–Crippen LogP) is 3.86. The second kappa shape index (κ2) is 6.05. The van der Waals surface area contributed by atoms with Crippen LogP contribution in [-0.4, -0.2) is 16.0 Å². The van der Waals surface area contributed by atoms with E-state index in [4.69, 9.17) is 16.9 Å². The molecular weight excluding hydrogens is 288 g/mol. The first-order valence-corrected chi connectivity index (χ1v) is 7.24. The van der Waals surface area contributed by atoms with Crippen molar-refractivity contribution in [1.29, 1.82) is 5.26 Å². The minimum atomic E-state index is 0.380. The predicted molar refractivity (Wildman–Crippen MR) is 75.7 cm³/mol. The number of anilines is 2. The first-order valence-electron chi connectivity index (χ1n) is 5.06. The van der Waals surface area contributed by atoms with E-state index in [1.165, 1.54) is 23.1 Å². The normalized spacial score (nSPS) is 10.1. The van der Waals surface area contributed by atoms with Crippen LogP contribution in [0, 0.1) is 18.3 Å². The van der Waals surface area contributed by atoms with Crippen LogP contribution in [0.5, 0.6) is 0 Å². The van der Waals surface area contributed by atoms with Gasteiger partial charge in [-0.05, 0) is 24.6 Å². The van der Waals surface area contributed by atoms with Crippen LogP contribution in [0.2, 0.25) is 5.02 Å². The summed E-state index contributed by atoms with van der Waals surface area (Å²) in [5.41, 5.74) is 1.89. The molecule has 0 saturated carbocycles. The fourth-order valence-electron chi connectivity index (χ4n) is 1.27. The molecule has 4 nitrogen and oxygen atoms in total. The van der Waals surface area contributed by atoms with Gasteiger partial charge in [-0.2, -0.15) is 5.26 Å². The molecule has 1 N–H and O–H groups in total. The summed E-state index contributed by atoms with van der Waals surface area (Å²) in [7, 11) is 0. The van der Waals surface area contributed by atoms with E-state index in [1.54, 1.807) is 0 Å². The maximum absolute atomic E-state index is 8.49. The molecule has 7 heteroatoms. The van der Waals surface area contributed by atoms with Crippen molar-refractivity contribution in [2.75, 3.05) is 11.1 Å². The van der Waals surface area contributed by atoms with Crippen LogP contribution in [0.4, 0.5) is 10.8 Å². The Morgan fingerprint density at radius 2 is 2.33 bits per heavy atom. The van der Waals surface area contributed by atoms with Crippen LogP contribution in [0.25, 0.3) is 0 Å². The van der Waals surface area contributed by atoms with E-state index >= 15 is 0 Å². The van der Waals surface area contributed by atoms with E-state index < -0.39 is 0 Å². The van der Waals surface area contributed by atoms with Crippen LogP contribution in [-0.2, 0) is 0 Å². The van der Waals surface area contributed by atoms with Crippen LogP contribution >= 0.6 is 34.7 Å². The highest BCUT2D eigenvalue weighted by molar-refractivity contribution is 8.01. The molecule has 0 aliphatic heterocycles. The van der Waals surface area contributed by atoms with Gasteiger partial charge in [0, 0.05) is 10.7 Å². The number of aromatic nitrogens is 2. The molecule has 0 spiro atoms. The molecule has 18 heavy (non-hydrogen) atoms. The van der Waals surface area contributed by atoms with Crippen molar-refractivity contribution in [2.45, 2.75) is 11.3 Å². The summed E-state index contributed by atoms with van der Waals surface area (Å²) in [5, 5.41) is 21.1. The molecule has 0 aliphatic rings. The number of thioether (sulfide) groups is 1. The fraction of sp³-hybridized carbons (Fsp3) is 0.182. The molecule has 0 amide bonds. The quantitative estimate of drug-likeness (QED) is 0.868. The Kier molecular flexibility index (Phi) is 4.42. The lowest BCUT2D eigenvalue weighted by molar-refractivity contribution is 1.01. The number of rotatable bonds is 4. The van der Waals surface area contributed by atoms with Gasteiger partial charge in [-0.25, -0.2) is 0 Å². The molecule has 0 fully saturated rings. The van der Waals surface area contributed by atoms with Crippen molar-refractivity contribution in [3.8, 4) is 6.07 Å². The molecule has 0 radical (unpaired) electrons. The van der Waals surface area contributed by atoms with Gasteiger partial charge in [-0.15, -0.1) is 10.2 Å². The molecule has 1 aromatic heterocycles. The number of hydrogen-bond acceptors (Lipinski definition) is 6. The first kappa shape index (κ1) is 13.1. The molecule has 0 unspecified atom stereocenters. The van der Waals surface area contributed by atoms with Gasteiger partial charge >= 0.3 is 0 Å². The molecule has 0 aliphatic carbocycles. The third-order valence-corrected chi connectivity index (χ3v) is 4.42. The Labute approximate surface area is 118 Å². The molecule has 1 aromatic carbocycles. The number of nitrogens with one attached hydrogen (secondary N) is 1. The highest BCUT2D eigenvalue weighted by atomic mass is 35.5. The van der Waals surface area contributed by atoms with Gasteiger partial charge in [0.1, 0.15) is 0 Å². The van der Waals surface area contributed by atoms with E-state index in [-0.39, 0.29) is 0 Å². The molecule has 2 aromatic rings. The zero-order valence-corrected chi connectivity index (χ0v) is 11.9. The summed E-state index contributed by atoms with van der Waals surface area (Å²) in [6, 6.07) is 7.71. The highest BCUT2D eigenvalue weighted by Gasteiger charge is 2.07. The van der Waals surface area contributed by atoms with Gasteiger partial charge < -0.3 is 5.32 Å². The summed E-state index contributed by atoms with van der Waals surface area (Å²) in [6.07, 6.45) is 0. The van der Waals surface area contributed by atoms with Crippen molar-refractivity contribution in [2.24, 2.45) is 0 Å². The molecule has 1 heterocycles. The van der Waals surface area contributed by atoms with Gasteiger partial charge in [0.05, 0.1) is 11.8 Å². The standard InChI is InChI=1S/C11H9ClN4S2/c1-7-8(12)3-2-4-9(7)14-10-15-16-11(18-10)17-6-5-13/h2-4H,6H2,1H3,(H,14,15). The van der Waals surface area contributed by atoms with E-state index in [0.29, 0.717) is 15.9 Å². The minimum absolute atomic E-state index is 0.380. The average Bonchev–Trinajstić information content (AvgIpc) is 2.80. The molecule has 0 bridgehead atoms. The molecule has 92 valence electrons. The Bertz CT molecular complexity index is 591. The van der Waals surface area contributed by atoms with Gasteiger partial charge in [-0.1, -0.05) is 40.8 Å². The average molecular weight is 297 g/mol. The van der Waals surface area contributed by atoms with Gasteiger partial charge in [0.15, 0.2) is 4.34 Å². The minimum Gasteiger partial charge on any atom is -0.330 e. The Hall–Kier alpha value is -1.29. The summed E-state index contributed by atoms with van der Waals surface area (Å²) in [6.45, 7) is 1.94. The van der Waals surface area contributed by atoms with E-state index in [0.717, 1.165) is 15.6 Å². The summed E-state index contributed by atoms with van der Waals surface area (Å²) in [4.78, 5) is 0. The second-order valence-corrected chi connectivity index (χ2v) is 5.96. The van der Waals surface area contributed by atoms with Crippen molar-refractivity contribution in [3.05, 3.63) is 28.8 Å². The van der Waals surface area contributed by atoms with E-state index in [1.807, 2.05) is 25.1 Å². The van der Waals surface area contributed by atoms with Crippen molar-refractivity contribution >= 4 is 45.5 Å². The van der Waals surface area contributed by atoms with Crippen LogP contribution in [0.15, 0.2) is 22.5 Å². The zero-order valence-electron chi connectivity index (χ0n) is 9.48. The number of hydrogen-bond donors (Lipinski definition) is 1. The molecule has 2 rings (SSSR count). The molecule has 0 atom stereocenters. The van der Waals surface area contributed by atoms with Crippen LogP contribution in [0.1, 0.15) is 5.56 Å². The fourth-order valence-corrected chi connectivity index (χ4v) is 2.87. The smallest absolute Gasteiger partial charge is 0.210 e. The Morgan fingerprint density at radius 1 is 1.50 bits per heavy atom. The topological polar surface area (TPSA) is 61.6 Å². The van der Waals surface area contributed by atoms with Crippen LogP contribution < -0.4 is 5.32 Å². The number of nitrogens with zero attached hydrogens (tertiary/aromatic N) is 3. The summed E-state index contributed by atoms with van der Waals surface area (Å²) >= 11 is 8.84. The highest BCUT2D eigenvalue weighted by Crippen LogP contribution is 2.30. The molecular formula is C11H9ClN4S2. The Morgan fingerprint density at radius 3 is 3.11 bits per heavy atom. The monoisotopic (exact) mass is 296 g/mol. The lowest BCUT2D eigenvalue weighted by atomic mass is 10.2. The second-order valence-electron chi connectivity index (χ2n) is 3.36. The van der Waals surface area contributed by atoms with Crippen molar-refractivity contribution in [1.82, 2.24) is 10.2 Å². The summed E-state index contributed by atoms with van der Waals surface area (Å²) < 4.78 is 0.777. The number of benzene rings is 1. The van der Waals surface area contributed by atoms with E-state index in [2.05, 4.69) is 21.6 Å². The summed E-state index contributed by atoms with van der Waals surface area (Å²) in [5.74, 6) is 0.380. The Balaban J connectivity index is 2.12. The SMILES string of the molecule is Cc1c(Cl)cccc1Nc1nnc(SCC#N)s1. The maximum atomic E-state index is 8.49. The third kappa shape index (κ3) is 3.13. The number of halogens is 1. The van der Waals surface area contributed by atoms with Gasteiger partial charge in [0.25, 0.3) is 0 Å². The lowest BCUT2D eigenvalue weighted by Crippen LogP contribution is -1.92. The first-order chi connectivity index (χ1) is 8.70. The van der Waals surface area contributed by atoms with Gasteiger partial charge in [0.2, 0.25) is 5.13 Å². The maximum Gasteiger partial charge on any atom is 0.210 e. The van der Waals surface area contributed by atoms with Crippen LogP contribution in [0.3, 0.4) is 0 Å². The number of nitriles is 1. The zero-order chi connectivity index (χ0) is 13.0. The van der Waals surface area contributed by atoms with Crippen molar-refractivity contribution < 1.29 is 0 Å². The van der Waals surface area contributed by atoms with E-state index in [9.17, 15) is 0 Å². The van der Waals surface area contributed by atoms with Crippen molar-refractivity contribution in [3.63, 3.8) is 0 Å². The largest absolute Gasteiger partial charge is 0.330 e.